The number of carbonyl (C=O) groups is 1. The number of hydrogen-bond acceptors (Lipinski definition) is 4. The molecule has 1 amide bonds. The van der Waals surface area contributed by atoms with Crippen LogP contribution in [0.25, 0.3) is 0 Å². The van der Waals surface area contributed by atoms with E-state index in [1.807, 2.05) is 35.2 Å². The van der Waals surface area contributed by atoms with E-state index in [1.54, 1.807) is 0 Å². The number of hydrogen-bond donors (Lipinski definition) is 1. The molecule has 2 aliphatic heterocycles. The Kier molecular flexibility index (Phi) is 7.74. The molecule has 1 aromatic rings. The van der Waals surface area contributed by atoms with Crippen molar-refractivity contribution in [1.82, 2.24) is 4.90 Å². The number of unbranched alkanes of at least 4 members (excludes halogenated alkanes) is 5. The molecule has 0 spiro atoms. The molecule has 0 aliphatic carbocycles. The van der Waals surface area contributed by atoms with E-state index in [0.29, 0.717) is 26.1 Å². The number of amides is 1. The lowest BCUT2D eigenvalue weighted by Crippen LogP contribution is -2.63. The first-order chi connectivity index (χ1) is 13.6. The molecule has 2 unspecified atom stereocenters. The Morgan fingerprint density at radius 3 is 2.43 bits per heavy atom. The maximum atomic E-state index is 12.7. The highest BCUT2D eigenvalue weighted by molar-refractivity contribution is 5.69. The Hall–Kier alpha value is -1.59. The molecule has 156 valence electrons. The van der Waals surface area contributed by atoms with Gasteiger partial charge in [-0.1, -0.05) is 75.8 Å². The smallest absolute Gasteiger partial charge is 0.410 e. The van der Waals surface area contributed by atoms with Gasteiger partial charge in [0, 0.05) is 0 Å². The first-order valence-corrected chi connectivity index (χ1v) is 10.9. The number of carbonyl (C=O) groups excluding carboxylic acids is 1. The average Bonchev–Trinajstić information content (AvgIpc) is 2.69. The third kappa shape index (κ3) is 5.71. The zero-order valence-corrected chi connectivity index (χ0v) is 17.1. The van der Waals surface area contributed by atoms with Crippen LogP contribution in [0.1, 0.15) is 70.3 Å². The third-order valence-electron chi connectivity index (χ3n) is 6.05. The van der Waals surface area contributed by atoms with Crippen LogP contribution in [-0.4, -0.2) is 47.0 Å². The van der Waals surface area contributed by atoms with E-state index >= 15 is 0 Å². The molecule has 28 heavy (non-hydrogen) atoms. The summed E-state index contributed by atoms with van der Waals surface area (Å²) in [5.41, 5.74) is 0.300. The predicted octanol–water partition coefficient (Wildman–Crippen LogP) is 4.67. The van der Waals surface area contributed by atoms with Gasteiger partial charge >= 0.3 is 6.09 Å². The Morgan fingerprint density at radius 1 is 1.11 bits per heavy atom. The summed E-state index contributed by atoms with van der Waals surface area (Å²) in [5.74, 6) is 0. The van der Waals surface area contributed by atoms with Crippen LogP contribution >= 0.6 is 0 Å². The van der Waals surface area contributed by atoms with E-state index in [1.165, 1.54) is 32.1 Å². The molecule has 2 bridgehead atoms. The van der Waals surface area contributed by atoms with Crippen molar-refractivity contribution in [3.8, 4) is 0 Å². The van der Waals surface area contributed by atoms with Crippen molar-refractivity contribution in [2.24, 2.45) is 0 Å². The summed E-state index contributed by atoms with van der Waals surface area (Å²) in [6.07, 6.45) is 9.01. The highest BCUT2D eigenvalue weighted by atomic mass is 16.6. The molecule has 2 heterocycles. The zero-order valence-electron chi connectivity index (χ0n) is 17.1. The molecule has 2 fully saturated rings. The van der Waals surface area contributed by atoms with Gasteiger partial charge in [-0.05, 0) is 24.8 Å². The maximum absolute atomic E-state index is 12.7. The summed E-state index contributed by atoms with van der Waals surface area (Å²) >= 11 is 0. The summed E-state index contributed by atoms with van der Waals surface area (Å²) < 4.78 is 11.2. The number of nitrogens with zero attached hydrogens (tertiary/aromatic N) is 1. The van der Waals surface area contributed by atoms with Gasteiger partial charge in [-0.2, -0.15) is 0 Å². The summed E-state index contributed by atoms with van der Waals surface area (Å²) in [6.45, 7) is 3.46. The number of piperidine rings is 1. The van der Waals surface area contributed by atoms with Crippen LogP contribution < -0.4 is 0 Å². The molecule has 5 nitrogen and oxygen atoms in total. The predicted molar refractivity (Wildman–Crippen MR) is 109 cm³/mol. The third-order valence-corrected chi connectivity index (χ3v) is 6.05. The van der Waals surface area contributed by atoms with Crippen molar-refractivity contribution >= 4 is 6.09 Å². The second kappa shape index (κ2) is 10.3. The van der Waals surface area contributed by atoms with E-state index in [0.717, 1.165) is 18.4 Å². The van der Waals surface area contributed by atoms with Crippen molar-refractivity contribution < 1.29 is 19.4 Å². The van der Waals surface area contributed by atoms with Gasteiger partial charge in [0.05, 0.1) is 30.9 Å². The molecule has 0 aromatic heterocycles. The molecule has 2 aliphatic rings. The first-order valence-electron chi connectivity index (χ1n) is 10.9. The van der Waals surface area contributed by atoms with E-state index in [9.17, 15) is 9.90 Å². The van der Waals surface area contributed by atoms with Gasteiger partial charge in [0.15, 0.2) is 0 Å². The molecule has 2 saturated heterocycles. The van der Waals surface area contributed by atoms with Gasteiger partial charge in [0.2, 0.25) is 0 Å². The Labute approximate surface area is 169 Å². The lowest BCUT2D eigenvalue weighted by molar-refractivity contribution is -0.136. The normalized spacial score (nSPS) is 26.9. The van der Waals surface area contributed by atoms with Crippen LogP contribution in [0.4, 0.5) is 4.79 Å². The minimum absolute atomic E-state index is 0.0964. The SMILES string of the molecule is CCCCCCCCC1(O)CC2COCC(C1)N2C(=O)OCc1ccccc1. The topological polar surface area (TPSA) is 59.0 Å². The quantitative estimate of drug-likeness (QED) is 0.624. The van der Waals surface area contributed by atoms with Crippen molar-refractivity contribution in [3.05, 3.63) is 35.9 Å². The van der Waals surface area contributed by atoms with Crippen LogP contribution in [0.3, 0.4) is 0 Å². The van der Waals surface area contributed by atoms with Crippen LogP contribution in [0.5, 0.6) is 0 Å². The fourth-order valence-corrected chi connectivity index (χ4v) is 4.60. The van der Waals surface area contributed by atoms with E-state index < -0.39 is 5.60 Å². The number of ether oxygens (including phenoxy) is 2. The summed E-state index contributed by atoms with van der Waals surface area (Å²) in [7, 11) is 0. The van der Waals surface area contributed by atoms with Gasteiger partial charge in [0.1, 0.15) is 6.61 Å². The minimum atomic E-state index is -0.680. The molecule has 0 radical (unpaired) electrons. The van der Waals surface area contributed by atoms with Crippen molar-refractivity contribution in [1.29, 1.82) is 0 Å². The second-order valence-corrected chi connectivity index (χ2v) is 8.44. The van der Waals surface area contributed by atoms with Gasteiger partial charge in [-0.25, -0.2) is 4.79 Å². The van der Waals surface area contributed by atoms with Gasteiger partial charge in [-0.3, -0.25) is 4.90 Å². The molecule has 1 N–H and O–H groups in total. The van der Waals surface area contributed by atoms with E-state index in [4.69, 9.17) is 9.47 Å². The summed E-state index contributed by atoms with van der Waals surface area (Å²) in [6, 6.07) is 9.54. The molecular weight excluding hydrogens is 354 g/mol. The molecule has 5 heteroatoms. The standard InChI is InChI=1S/C23H35NO4/c1-2-3-4-5-6-10-13-23(26)14-20-17-27-18-21(15-23)24(20)22(25)28-16-19-11-8-7-9-12-19/h7-9,11-12,20-21,26H,2-6,10,13-18H2,1H3. The molecule has 3 rings (SSSR count). The van der Waals surface area contributed by atoms with Crippen LogP contribution in [0.15, 0.2) is 30.3 Å². The summed E-state index contributed by atoms with van der Waals surface area (Å²) in [5, 5.41) is 11.2. The minimum Gasteiger partial charge on any atom is -0.445 e. The Morgan fingerprint density at radius 2 is 1.75 bits per heavy atom. The van der Waals surface area contributed by atoms with E-state index in [-0.39, 0.29) is 24.8 Å². The van der Waals surface area contributed by atoms with Crippen molar-refractivity contribution in [2.75, 3.05) is 13.2 Å². The molecule has 2 atom stereocenters. The van der Waals surface area contributed by atoms with Crippen LogP contribution in [0, 0.1) is 0 Å². The Balaban J connectivity index is 1.50. The van der Waals surface area contributed by atoms with E-state index in [2.05, 4.69) is 6.92 Å². The zero-order chi connectivity index (χ0) is 19.8. The van der Waals surface area contributed by atoms with Gasteiger partial charge in [-0.15, -0.1) is 0 Å². The van der Waals surface area contributed by atoms with Crippen LogP contribution in [-0.2, 0) is 16.1 Å². The number of fused-ring (bicyclic) bond motifs is 2. The molecule has 1 aromatic carbocycles. The number of morpholine rings is 1. The van der Waals surface area contributed by atoms with Crippen LogP contribution in [0.2, 0.25) is 0 Å². The number of rotatable bonds is 9. The highest BCUT2D eigenvalue weighted by Crippen LogP contribution is 2.38. The van der Waals surface area contributed by atoms with Crippen molar-refractivity contribution in [2.45, 2.75) is 89.0 Å². The largest absolute Gasteiger partial charge is 0.445 e. The van der Waals surface area contributed by atoms with Gasteiger partial charge in [0.25, 0.3) is 0 Å². The number of aliphatic hydroxyl groups is 1. The highest BCUT2D eigenvalue weighted by Gasteiger charge is 2.48. The Bertz CT molecular complexity index is 592. The second-order valence-electron chi connectivity index (χ2n) is 8.44. The average molecular weight is 390 g/mol. The fraction of sp³-hybridized carbons (Fsp3) is 0.696. The lowest BCUT2D eigenvalue weighted by Gasteiger charge is -2.51. The summed E-state index contributed by atoms with van der Waals surface area (Å²) in [4.78, 5) is 14.5. The fourth-order valence-electron chi connectivity index (χ4n) is 4.60. The monoisotopic (exact) mass is 389 g/mol. The van der Waals surface area contributed by atoms with Crippen molar-refractivity contribution in [3.63, 3.8) is 0 Å². The lowest BCUT2D eigenvalue weighted by atomic mass is 9.78. The number of benzene rings is 1. The van der Waals surface area contributed by atoms with Gasteiger partial charge < -0.3 is 14.6 Å². The molecular formula is C23H35NO4. The molecule has 0 saturated carbocycles. The first kappa shape index (κ1) is 21.1. The maximum Gasteiger partial charge on any atom is 0.410 e.